The molecule has 1 N–H and O–H groups in total. The first-order valence-electron chi connectivity index (χ1n) is 6.58. The number of benzene rings is 2. The maximum absolute atomic E-state index is 12.2. The molecule has 21 heavy (non-hydrogen) atoms. The highest BCUT2D eigenvalue weighted by Gasteiger charge is 2.15. The van der Waals surface area contributed by atoms with E-state index in [9.17, 15) is 8.42 Å². The first-order chi connectivity index (χ1) is 9.90. The number of rotatable bonds is 4. The van der Waals surface area contributed by atoms with E-state index < -0.39 is 10.0 Å². The molecular weight excluding hydrogens is 284 g/mol. The summed E-state index contributed by atoms with van der Waals surface area (Å²) in [6.45, 7) is 5.64. The highest BCUT2D eigenvalue weighted by atomic mass is 32.2. The first kappa shape index (κ1) is 15.3. The summed E-state index contributed by atoms with van der Waals surface area (Å²) in [6, 6.07) is 12.8. The maximum Gasteiger partial charge on any atom is 0.276 e. The van der Waals surface area contributed by atoms with E-state index in [1.807, 2.05) is 44.2 Å². The Labute approximate surface area is 125 Å². The summed E-state index contributed by atoms with van der Waals surface area (Å²) in [7, 11) is -3.64. The second-order valence-electron chi connectivity index (χ2n) is 4.98. The van der Waals surface area contributed by atoms with Crippen molar-refractivity contribution in [2.75, 3.05) is 0 Å². The van der Waals surface area contributed by atoms with Gasteiger partial charge in [0, 0.05) is 0 Å². The van der Waals surface area contributed by atoms with Crippen LogP contribution in [0.15, 0.2) is 52.5 Å². The quantitative estimate of drug-likeness (QED) is 0.697. The molecule has 0 aliphatic heterocycles. The summed E-state index contributed by atoms with van der Waals surface area (Å²) in [5, 5.41) is 3.85. The largest absolute Gasteiger partial charge is 0.276 e. The van der Waals surface area contributed by atoms with Crippen LogP contribution in [0.5, 0.6) is 0 Å². The molecule has 0 radical (unpaired) electrons. The van der Waals surface area contributed by atoms with Gasteiger partial charge in [-0.3, -0.25) is 0 Å². The summed E-state index contributed by atoms with van der Waals surface area (Å²) in [5.41, 5.74) is 3.64. The molecule has 0 amide bonds. The Morgan fingerprint density at radius 3 is 2.38 bits per heavy atom. The van der Waals surface area contributed by atoms with Gasteiger partial charge in [0.1, 0.15) is 0 Å². The van der Waals surface area contributed by atoms with Crippen LogP contribution in [0.25, 0.3) is 0 Å². The lowest BCUT2D eigenvalue weighted by Crippen LogP contribution is -2.19. The SMILES string of the molecule is Cc1ccc(S(=O)(=O)N/N=C/c2ccccc2C)c(C)c1. The zero-order chi connectivity index (χ0) is 15.5. The molecule has 110 valence electrons. The average Bonchev–Trinajstić information content (AvgIpc) is 2.40. The van der Waals surface area contributed by atoms with Crippen molar-refractivity contribution in [1.29, 1.82) is 0 Å². The Morgan fingerprint density at radius 1 is 1.00 bits per heavy atom. The third-order valence-corrected chi connectivity index (χ3v) is 4.57. The van der Waals surface area contributed by atoms with Gasteiger partial charge in [0.15, 0.2) is 0 Å². The van der Waals surface area contributed by atoms with E-state index in [4.69, 9.17) is 0 Å². The lowest BCUT2D eigenvalue weighted by atomic mass is 10.1. The summed E-state index contributed by atoms with van der Waals surface area (Å²) in [4.78, 5) is 2.50. The molecule has 0 atom stereocenters. The van der Waals surface area contributed by atoms with Gasteiger partial charge in [-0.25, -0.2) is 4.83 Å². The Hall–Kier alpha value is -2.14. The molecule has 0 aromatic heterocycles. The number of hydrogen-bond acceptors (Lipinski definition) is 3. The standard InChI is InChI=1S/C16H18N2O2S/c1-12-8-9-16(14(3)10-12)21(19,20)18-17-11-15-7-5-4-6-13(15)2/h4-11,18H,1-3H3/b17-11+. The fraction of sp³-hybridized carbons (Fsp3) is 0.188. The van der Waals surface area contributed by atoms with Gasteiger partial charge in [-0.2, -0.15) is 13.5 Å². The van der Waals surface area contributed by atoms with Crippen molar-refractivity contribution in [3.05, 3.63) is 64.7 Å². The van der Waals surface area contributed by atoms with Crippen LogP contribution in [0.3, 0.4) is 0 Å². The Bertz CT molecular complexity index is 781. The van der Waals surface area contributed by atoms with E-state index in [-0.39, 0.29) is 4.90 Å². The molecule has 5 heteroatoms. The molecule has 0 bridgehead atoms. The Balaban J connectivity index is 2.21. The average molecular weight is 302 g/mol. The van der Waals surface area contributed by atoms with Crippen molar-refractivity contribution < 1.29 is 8.42 Å². The van der Waals surface area contributed by atoms with Crippen LogP contribution in [0.4, 0.5) is 0 Å². The van der Waals surface area contributed by atoms with E-state index in [1.165, 1.54) is 6.21 Å². The number of aryl methyl sites for hydroxylation is 3. The molecule has 0 aliphatic rings. The Kier molecular flexibility index (Phi) is 4.43. The third-order valence-electron chi connectivity index (χ3n) is 3.18. The topological polar surface area (TPSA) is 58.5 Å². The zero-order valence-corrected chi connectivity index (χ0v) is 13.1. The number of hydrazone groups is 1. The third kappa shape index (κ3) is 3.70. The van der Waals surface area contributed by atoms with Crippen molar-refractivity contribution in [3.63, 3.8) is 0 Å². The monoisotopic (exact) mass is 302 g/mol. The van der Waals surface area contributed by atoms with Gasteiger partial charge in [-0.1, -0.05) is 42.0 Å². The lowest BCUT2D eigenvalue weighted by Gasteiger charge is -2.07. The normalized spacial score (nSPS) is 11.8. The number of sulfonamides is 1. The second-order valence-corrected chi connectivity index (χ2v) is 6.61. The molecule has 0 unspecified atom stereocenters. The van der Waals surface area contributed by atoms with Gasteiger partial charge in [-0.15, -0.1) is 0 Å². The van der Waals surface area contributed by atoms with Crippen molar-refractivity contribution >= 4 is 16.2 Å². The molecule has 0 saturated carbocycles. The van der Waals surface area contributed by atoms with Gasteiger partial charge < -0.3 is 0 Å². The van der Waals surface area contributed by atoms with E-state index in [0.717, 1.165) is 16.7 Å². The summed E-state index contributed by atoms with van der Waals surface area (Å²) in [5.74, 6) is 0. The molecule has 0 saturated heterocycles. The smallest absolute Gasteiger partial charge is 0.200 e. The molecule has 0 heterocycles. The van der Waals surface area contributed by atoms with Crippen LogP contribution in [-0.2, 0) is 10.0 Å². The van der Waals surface area contributed by atoms with Crippen LogP contribution >= 0.6 is 0 Å². The van der Waals surface area contributed by atoms with E-state index in [0.29, 0.717) is 5.56 Å². The summed E-state index contributed by atoms with van der Waals surface area (Å²) >= 11 is 0. The van der Waals surface area contributed by atoms with Crippen molar-refractivity contribution in [2.45, 2.75) is 25.7 Å². The van der Waals surface area contributed by atoms with Gasteiger partial charge >= 0.3 is 0 Å². The minimum Gasteiger partial charge on any atom is -0.200 e. The molecule has 4 nitrogen and oxygen atoms in total. The highest BCUT2D eigenvalue weighted by Crippen LogP contribution is 2.16. The number of nitrogens with zero attached hydrogens (tertiary/aromatic N) is 1. The van der Waals surface area contributed by atoms with Crippen LogP contribution in [-0.4, -0.2) is 14.6 Å². The minimum absolute atomic E-state index is 0.245. The number of hydrogen-bond donors (Lipinski definition) is 1. The van der Waals surface area contributed by atoms with Gasteiger partial charge in [0.2, 0.25) is 0 Å². The first-order valence-corrected chi connectivity index (χ1v) is 8.06. The predicted octanol–water partition coefficient (Wildman–Crippen LogP) is 2.92. The fourth-order valence-electron chi connectivity index (χ4n) is 2.05. The van der Waals surface area contributed by atoms with E-state index in [1.54, 1.807) is 19.1 Å². The maximum atomic E-state index is 12.2. The molecule has 0 spiro atoms. The van der Waals surface area contributed by atoms with Crippen molar-refractivity contribution in [3.8, 4) is 0 Å². The molecular formula is C16H18N2O2S. The van der Waals surface area contributed by atoms with Gasteiger partial charge in [0.05, 0.1) is 11.1 Å². The van der Waals surface area contributed by atoms with Gasteiger partial charge in [0.25, 0.3) is 10.0 Å². The lowest BCUT2D eigenvalue weighted by molar-refractivity contribution is 0.584. The van der Waals surface area contributed by atoms with E-state index >= 15 is 0 Å². The zero-order valence-electron chi connectivity index (χ0n) is 12.3. The fourth-order valence-corrected chi connectivity index (χ4v) is 3.07. The summed E-state index contributed by atoms with van der Waals surface area (Å²) < 4.78 is 24.4. The predicted molar refractivity (Wildman–Crippen MR) is 85.0 cm³/mol. The molecule has 2 aromatic carbocycles. The van der Waals surface area contributed by atoms with Crippen molar-refractivity contribution in [1.82, 2.24) is 4.83 Å². The minimum atomic E-state index is -3.64. The van der Waals surface area contributed by atoms with Crippen molar-refractivity contribution in [2.24, 2.45) is 5.10 Å². The number of nitrogens with one attached hydrogen (secondary N) is 1. The Morgan fingerprint density at radius 2 is 1.71 bits per heavy atom. The van der Waals surface area contributed by atoms with Crippen LogP contribution in [0, 0.1) is 20.8 Å². The molecule has 0 fully saturated rings. The molecule has 0 aliphatic carbocycles. The molecule has 2 aromatic rings. The van der Waals surface area contributed by atoms with Gasteiger partial charge in [-0.05, 0) is 43.5 Å². The van der Waals surface area contributed by atoms with Crippen LogP contribution < -0.4 is 4.83 Å². The van der Waals surface area contributed by atoms with Crippen LogP contribution in [0.2, 0.25) is 0 Å². The molecule has 2 rings (SSSR count). The highest BCUT2D eigenvalue weighted by molar-refractivity contribution is 7.89. The van der Waals surface area contributed by atoms with E-state index in [2.05, 4.69) is 9.93 Å². The second kappa shape index (κ2) is 6.10. The summed E-state index contributed by atoms with van der Waals surface area (Å²) in [6.07, 6.45) is 1.51. The van der Waals surface area contributed by atoms with Crippen LogP contribution in [0.1, 0.15) is 22.3 Å².